The van der Waals surface area contributed by atoms with Crippen molar-refractivity contribution in [3.05, 3.63) is 277 Å². The van der Waals surface area contributed by atoms with Gasteiger partial charge in [-0.25, -0.2) is 0 Å². The number of aromatic nitrogens is 1. The van der Waals surface area contributed by atoms with Crippen molar-refractivity contribution in [3.8, 4) is 39.1 Å². The molecule has 0 amide bonds. The van der Waals surface area contributed by atoms with Crippen molar-refractivity contribution in [1.82, 2.24) is 4.57 Å². The predicted molar refractivity (Wildman–Crippen MR) is 290 cm³/mol. The molecule has 0 saturated heterocycles. The molecule has 0 radical (unpaired) electrons. The van der Waals surface area contributed by atoms with Crippen molar-refractivity contribution in [2.24, 2.45) is 0 Å². The van der Waals surface area contributed by atoms with E-state index in [0.29, 0.717) is 0 Å². The van der Waals surface area contributed by atoms with Crippen LogP contribution in [0.2, 0.25) is 0 Å². The monoisotopic (exact) mass is 874 g/mol. The molecule has 13 aromatic rings. The van der Waals surface area contributed by atoms with Crippen LogP contribution in [0.4, 0.5) is 17.1 Å². The van der Waals surface area contributed by atoms with E-state index in [1.54, 1.807) is 0 Å². The van der Waals surface area contributed by atoms with Gasteiger partial charge in [0.1, 0.15) is 0 Å². The van der Waals surface area contributed by atoms with E-state index in [2.05, 4.69) is 264 Å². The predicted octanol–water partition coefficient (Wildman–Crippen LogP) is 17.7. The molecule has 0 unspecified atom stereocenters. The average Bonchev–Trinajstić information content (AvgIpc) is 4.03. The van der Waals surface area contributed by atoms with Crippen LogP contribution in [0.15, 0.2) is 255 Å². The lowest BCUT2D eigenvalue weighted by Gasteiger charge is -2.31. The maximum Gasteiger partial charge on any atom is 0.0725 e. The van der Waals surface area contributed by atoms with Gasteiger partial charge in [0.25, 0.3) is 0 Å². The molecule has 1 aromatic heterocycles. The molecule has 0 fully saturated rings. The third-order valence-corrected chi connectivity index (χ3v) is 15.4. The second kappa shape index (κ2) is 14.5. The van der Waals surface area contributed by atoms with E-state index in [9.17, 15) is 0 Å². The lowest BCUT2D eigenvalue weighted by Crippen LogP contribution is -2.25. The highest BCUT2D eigenvalue weighted by molar-refractivity contribution is 6.26. The van der Waals surface area contributed by atoms with Crippen LogP contribution in [0, 0.1) is 0 Å². The second-order valence-electron chi connectivity index (χ2n) is 18.7. The number of benzene rings is 12. The molecule has 0 bridgehead atoms. The van der Waals surface area contributed by atoms with E-state index in [4.69, 9.17) is 0 Å². The van der Waals surface area contributed by atoms with Crippen molar-refractivity contribution in [2.45, 2.75) is 5.41 Å². The lowest BCUT2D eigenvalue weighted by atomic mass is 9.70. The fraction of sp³-hybridized carbons (Fsp3) is 0.0149. The Balaban J connectivity index is 0.933. The zero-order valence-electron chi connectivity index (χ0n) is 37.6. The van der Waals surface area contributed by atoms with Crippen LogP contribution in [0.5, 0.6) is 0 Å². The van der Waals surface area contributed by atoms with E-state index < -0.39 is 5.41 Å². The van der Waals surface area contributed by atoms with Crippen LogP contribution in [0.25, 0.3) is 93.2 Å². The zero-order chi connectivity index (χ0) is 45.2. The Morgan fingerprint density at radius 1 is 0.261 bits per heavy atom. The van der Waals surface area contributed by atoms with Crippen LogP contribution in [-0.4, -0.2) is 4.57 Å². The number of rotatable bonds is 5. The van der Waals surface area contributed by atoms with Gasteiger partial charge in [-0.2, -0.15) is 0 Å². The molecule has 2 aliphatic carbocycles. The van der Waals surface area contributed by atoms with E-state index >= 15 is 0 Å². The van der Waals surface area contributed by atoms with Crippen molar-refractivity contribution in [3.63, 3.8) is 0 Å². The maximum absolute atomic E-state index is 2.47. The van der Waals surface area contributed by atoms with Crippen LogP contribution in [-0.2, 0) is 5.41 Å². The van der Waals surface area contributed by atoms with E-state index in [1.807, 2.05) is 0 Å². The first-order chi connectivity index (χ1) is 34.2. The largest absolute Gasteiger partial charge is 0.310 e. The number of para-hydroxylation sites is 2. The number of fused-ring (bicyclic) bond motifs is 19. The van der Waals surface area contributed by atoms with Gasteiger partial charge in [0.2, 0.25) is 0 Å². The number of anilines is 3. The molecule has 12 aromatic carbocycles. The van der Waals surface area contributed by atoms with Crippen LogP contribution in [0.1, 0.15) is 22.3 Å². The topological polar surface area (TPSA) is 8.17 Å². The Morgan fingerprint density at radius 2 is 0.696 bits per heavy atom. The van der Waals surface area contributed by atoms with Crippen LogP contribution < -0.4 is 4.90 Å². The summed E-state index contributed by atoms with van der Waals surface area (Å²) < 4.78 is 2.40. The molecule has 2 heteroatoms. The summed E-state index contributed by atoms with van der Waals surface area (Å²) in [6.07, 6.45) is 0. The third kappa shape index (κ3) is 5.31. The van der Waals surface area contributed by atoms with Gasteiger partial charge in [-0.15, -0.1) is 0 Å². The molecule has 0 N–H and O–H groups in total. The summed E-state index contributed by atoms with van der Waals surface area (Å²) in [6.45, 7) is 0. The van der Waals surface area contributed by atoms with Gasteiger partial charge in [0.15, 0.2) is 0 Å². The summed E-state index contributed by atoms with van der Waals surface area (Å²) in [5, 5.41) is 10.1. The minimum absolute atomic E-state index is 0.402. The molecule has 1 heterocycles. The minimum atomic E-state index is -0.402. The normalized spacial score (nSPS) is 13.0. The number of hydrogen-bond acceptors (Lipinski definition) is 1. The lowest BCUT2D eigenvalue weighted by molar-refractivity contribution is 0.794. The standard InChI is InChI=1S/C67H42N2/c1-2-16-45(17-3-1)69-65-29-15-11-25-57(65)58-37-32-44(40-66(58)69)43-30-33-46(34-31-43)68(47-35-38-53-51-20-5-4-18-49(51)50-19-6-7-21-52(50)59(53)41-47)48-36-39-64-60(42-48)56-24-10-14-28-63(56)67(64)61-26-12-8-22-54(61)55-23-9-13-27-62(55)67/h1-42H. The first kappa shape index (κ1) is 38.2. The van der Waals surface area contributed by atoms with Gasteiger partial charge in [-0.3, -0.25) is 0 Å². The molecule has 1 spiro atoms. The van der Waals surface area contributed by atoms with Gasteiger partial charge >= 0.3 is 0 Å². The molecule has 0 aliphatic heterocycles. The van der Waals surface area contributed by atoms with Crippen molar-refractivity contribution in [1.29, 1.82) is 0 Å². The highest BCUT2D eigenvalue weighted by Crippen LogP contribution is 2.63. The third-order valence-electron chi connectivity index (χ3n) is 15.4. The van der Waals surface area contributed by atoms with E-state index in [1.165, 1.54) is 110 Å². The van der Waals surface area contributed by atoms with Crippen molar-refractivity contribution in [2.75, 3.05) is 4.90 Å². The molecule has 2 nitrogen and oxygen atoms in total. The van der Waals surface area contributed by atoms with Crippen LogP contribution >= 0.6 is 0 Å². The Labute approximate surface area is 400 Å². The maximum atomic E-state index is 2.47. The van der Waals surface area contributed by atoms with E-state index in [-0.39, 0.29) is 0 Å². The minimum Gasteiger partial charge on any atom is -0.310 e. The quantitative estimate of drug-likeness (QED) is 0.156. The fourth-order valence-corrected chi connectivity index (χ4v) is 12.5. The Kier molecular flexibility index (Phi) is 8.02. The SMILES string of the molecule is c1ccc(-n2c3ccccc3c3ccc(-c4ccc(N(c5ccc6c(c5)-c5ccccc5C65c6ccccc6-c6ccccc65)c5ccc6c7ccccc7c7ccccc7c6c5)cc4)cc32)cc1. The van der Waals surface area contributed by atoms with Crippen molar-refractivity contribution >= 4 is 71.2 Å². The zero-order valence-corrected chi connectivity index (χ0v) is 37.6. The second-order valence-corrected chi connectivity index (χ2v) is 18.7. The van der Waals surface area contributed by atoms with Gasteiger partial charge in [-0.1, -0.05) is 194 Å². The molecular formula is C67H42N2. The summed E-state index contributed by atoms with van der Waals surface area (Å²) in [5.41, 5.74) is 19.4. The summed E-state index contributed by atoms with van der Waals surface area (Å²) in [6, 6.07) is 94.9. The summed E-state index contributed by atoms with van der Waals surface area (Å²) >= 11 is 0. The first-order valence-corrected chi connectivity index (χ1v) is 24.0. The number of hydrogen-bond donors (Lipinski definition) is 0. The molecule has 15 rings (SSSR count). The highest BCUT2D eigenvalue weighted by atomic mass is 15.1. The molecule has 69 heavy (non-hydrogen) atoms. The van der Waals surface area contributed by atoms with Gasteiger partial charge in [0.05, 0.1) is 16.4 Å². The Bertz CT molecular complexity index is 4170. The van der Waals surface area contributed by atoms with Crippen molar-refractivity contribution < 1.29 is 0 Å². The Morgan fingerprint density at radius 3 is 1.35 bits per heavy atom. The Hall–Kier alpha value is -8.98. The molecule has 320 valence electrons. The summed E-state index contributed by atoms with van der Waals surface area (Å²) in [4.78, 5) is 2.47. The number of nitrogens with zero attached hydrogens (tertiary/aromatic N) is 2. The molecule has 2 aliphatic rings. The van der Waals surface area contributed by atoms with Gasteiger partial charge < -0.3 is 9.47 Å². The molecule has 0 atom stereocenters. The average molecular weight is 875 g/mol. The summed E-state index contributed by atoms with van der Waals surface area (Å²) in [5.74, 6) is 0. The first-order valence-electron chi connectivity index (χ1n) is 24.0. The molecular weight excluding hydrogens is 833 g/mol. The van der Waals surface area contributed by atoms with Gasteiger partial charge in [-0.05, 0) is 149 Å². The summed E-state index contributed by atoms with van der Waals surface area (Å²) in [7, 11) is 0. The molecule has 0 saturated carbocycles. The smallest absolute Gasteiger partial charge is 0.0725 e. The van der Waals surface area contributed by atoms with Crippen LogP contribution in [0.3, 0.4) is 0 Å². The van der Waals surface area contributed by atoms with E-state index in [0.717, 1.165) is 22.7 Å². The van der Waals surface area contributed by atoms with Gasteiger partial charge in [0, 0.05) is 33.5 Å². The fourth-order valence-electron chi connectivity index (χ4n) is 12.5. The highest BCUT2D eigenvalue weighted by Gasteiger charge is 2.51.